The first-order valence-electron chi connectivity index (χ1n) is 8.51. The summed E-state index contributed by atoms with van der Waals surface area (Å²) in [4.78, 5) is 12.4. The molecule has 0 atom stereocenters. The molecule has 2 heterocycles. The summed E-state index contributed by atoms with van der Waals surface area (Å²) in [5.41, 5.74) is 2.95. The average molecular weight is 362 g/mol. The van der Waals surface area contributed by atoms with Gasteiger partial charge in [0.05, 0.1) is 24.9 Å². The third kappa shape index (κ3) is 3.55. The minimum Gasteiger partial charge on any atom is -0.495 e. The summed E-state index contributed by atoms with van der Waals surface area (Å²) in [6.07, 6.45) is 0.0842. The number of carbonyl (C=O) groups excluding carboxylic acids is 1. The Hall–Kier alpha value is -3.54. The molecule has 0 saturated heterocycles. The molecule has 1 amide bonds. The number of furan rings is 1. The van der Waals surface area contributed by atoms with Crippen LogP contribution < -0.4 is 10.1 Å². The first kappa shape index (κ1) is 16.9. The zero-order valence-corrected chi connectivity index (χ0v) is 15.0. The number of para-hydroxylation sites is 1. The minimum absolute atomic E-state index is 0.0842. The molecule has 0 fully saturated rings. The predicted molar refractivity (Wildman–Crippen MR) is 102 cm³/mol. The number of amides is 1. The lowest BCUT2D eigenvalue weighted by atomic mass is 10.2. The Morgan fingerprint density at radius 2 is 1.96 bits per heavy atom. The number of ether oxygens (including phenoxy) is 1. The van der Waals surface area contributed by atoms with Crippen LogP contribution in [-0.4, -0.2) is 18.2 Å². The van der Waals surface area contributed by atoms with Crippen LogP contribution in [0.3, 0.4) is 0 Å². The van der Waals surface area contributed by atoms with E-state index in [1.54, 1.807) is 13.2 Å². The van der Waals surface area contributed by atoms with Crippen LogP contribution in [0.4, 0.5) is 5.69 Å². The van der Waals surface area contributed by atoms with Crippen LogP contribution in [0, 0.1) is 6.92 Å². The van der Waals surface area contributed by atoms with Crippen molar-refractivity contribution in [1.82, 2.24) is 5.16 Å². The van der Waals surface area contributed by atoms with Crippen LogP contribution in [0.25, 0.3) is 22.5 Å². The van der Waals surface area contributed by atoms with Crippen LogP contribution in [0.15, 0.2) is 63.5 Å². The van der Waals surface area contributed by atoms with Crippen molar-refractivity contribution in [3.8, 4) is 17.3 Å². The van der Waals surface area contributed by atoms with Gasteiger partial charge in [0.1, 0.15) is 11.3 Å². The molecule has 0 spiro atoms. The second kappa shape index (κ2) is 6.99. The predicted octanol–water partition coefficient (Wildman–Crippen LogP) is 4.59. The van der Waals surface area contributed by atoms with E-state index in [0.717, 1.165) is 16.5 Å². The Balaban J connectivity index is 1.49. The number of nitrogens with one attached hydrogen (secondary N) is 1. The van der Waals surface area contributed by atoms with Crippen molar-refractivity contribution in [2.75, 3.05) is 12.4 Å². The fourth-order valence-corrected chi connectivity index (χ4v) is 2.89. The molecular weight excluding hydrogens is 344 g/mol. The highest BCUT2D eigenvalue weighted by Crippen LogP contribution is 2.29. The number of anilines is 1. The van der Waals surface area contributed by atoms with E-state index in [1.165, 1.54) is 0 Å². The highest BCUT2D eigenvalue weighted by atomic mass is 16.5. The van der Waals surface area contributed by atoms with Crippen molar-refractivity contribution in [3.05, 3.63) is 65.9 Å². The lowest BCUT2D eigenvalue weighted by Crippen LogP contribution is -2.15. The van der Waals surface area contributed by atoms with Gasteiger partial charge >= 0.3 is 0 Å². The van der Waals surface area contributed by atoms with E-state index in [-0.39, 0.29) is 12.3 Å². The zero-order chi connectivity index (χ0) is 18.8. The van der Waals surface area contributed by atoms with Gasteiger partial charge in [0.2, 0.25) is 11.7 Å². The number of rotatable bonds is 5. The van der Waals surface area contributed by atoms with Gasteiger partial charge in [-0.15, -0.1) is 0 Å². The monoisotopic (exact) mass is 362 g/mol. The standard InChI is InChI=1S/C21H18N2O4/c1-13-7-8-18(25-2)16(9-13)22-21(24)12-15-11-20(27-23-15)19-10-14-5-3-4-6-17(14)26-19/h3-11H,12H2,1-2H3,(H,22,24). The molecule has 0 saturated carbocycles. The lowest BCUT2D eigenvalue weighted by molar-refractivity contribution is -0.115. The Kier molecular flexibility index (Phi) is 4.38. The van der Waals surface area contributed by atoms with Crippen molar-refractivity contribution >= 4 is 22.6 Å². The van der Waals surface area contributed by atoms with Crippen molar-refractivity contribution in [3.63, 3.8) is 0 Å². The Labute approximate surface area is 155 Å². The third-order valence-corrected chi connectivity index (χ3v) is 4.20. The van der Waals surface area contributed by atoms with Gasteiger partial charge in [-0.1, -0.05) is 29.4 Å². The van der Waals surface area contributed by atoms with E-state index in [9.17, 15) is 4.79 Å². The van der Waals surface area contributed by atoms with E-state index in [4.69, 9.17) is 13.7 Å². The second-order valence-corrected chi connectivity index (χ2v) is 6.26. The fourth-order valence-electron chi connectivity index (χ4n) is 2.89. The maximum absolute atomic E-state index is 12.4. The number of aryl methyl sites for hydroxylation is 1. The van der Waals surface area contributed by atoms with Crippen LogP contribution >= 0.6 is 0 Å². The number of aromatic nitrogens is 1. The van der Waals surface area contributed by atoms with Gasteiger partial charge in [0.15, 0.2) is 5.76 Å². The molecule has 27 heavy (non-hydrogen) atoms. The zero-order valence-electron chi connectivity index (χ0n) is 15.0. The molecule has 1 N–H and O–H groups in total. The van der Waals surface area contributed by atoms with E-state index in [2.05, 4.69) is 10.5 Å². The maximum Gasteiger partial charge on any atom is 0.230 e. The summed E-state index contributed by atoms with van der Waals surface area (Å²) < 4.78 is 16.4. The van der Waals surface area contributed by atoms with Crippen molar-refractivity contribution < 1.29 is 18.5 Å². The third-order valence-electron chi connectivity index (χ3n) is 4.20. The van der Waals surface area contributed by atoms with Gasteiger partial charge in [0, 0.05) is 11.5 Å². The maximum atomic E-state index is 12.4. The fraction of sp³-hybridized carbons (Fsp3) is 0.143. The molecule has 6 heteroatoms. The molecule has 4 aromatic rings. The van der Waals surface area contributed by atoms with E-state index in [0.29, 0.717) is 28.7 Å². The molecular formula is C21H18N2O4. The van der Waals surface area contributed by atoms with E-state index >= 15 is 0 Å². The molecule has 0 unspecified atom stereocenters. The van der Waals surface area contributed by atoms with E-state index < -0.39 is 0 Å². The summed E-state index contributed by atoms with van der Waals surface area (Å²) in [6.45, 7) is 1.95. The summed E-state index contributed by atoms with van der Waals surface area (Å²) in [5, 5.41) is 7.81. The number of hydrogen-bond acceptors (Lipinski definition) is 5. The smallest absolute Gasteiger partial charge is 0.230 e. The Morgan fingerprint density at radius 1 is 1.11 bits per heavy atom. The lowest BCUT2D eigenvalue weighted by Gasteiger charge is -2.10. The SMILES string of the molecule is COc1ccc(C)cc1NC(=O)Cc1cc(-c2cc3ccccc3o2)on1. The molecule has 0 aliphatic carbocycles. The Bertz CT molecular complexity index is 1080. The second-order valence-electron chi connectivity index (χ2n) is 6.26. The minimum atomic E-state index is -0.205. The molecule has 0 bridgehead atoms. The van der Waals surface area contributed by atoms with Gasteiger partial charge < -0.3 is 19.0 Å². The average Bonchev–Trinajstić information content (AvgIpc) is 3.28. The van der Waals surface area contributed by atoms with Crippen molar-refractivity contribution in [1.29, 1.82) is 0 Å². The first-order chi connectivity index (χ1) is 13.1. The molecule has 0 aliphatic heterocycles. The van der Waals surface area contributed by atoms with Gasteiger partial charge in [0.25, 0.3) is 0 Å². The van der Waals surface area contributed by atoms with Gasteiger partial charge in [-0.2, -0.15) is 0 Å². The quantitative estimate of drug-likeness (QED) is 0.562. The van der Waals surface area contributed by atoms with Gasteiger partial charge in [-0.05, 0) is 36.8 Å². The number of hydrogen-bond donors (Lipinski definition) is 1. The van der Waals surface area contributed by atoms with Crippen LogP contribution in [-0.2, 0) is 11.2 Å². The molecule has 2 aromatic carbocycles. The van der Waals surface area contributed by atoms with Crippen LogP contribution in [0.5, 0.6) is 5.75 Å². The molecule has 0 radical (unpaired) electrons. The Morgan fingerprint density at radius 3 is 2.78 bits per heavy atom. The number of benzene rings is 2. The topological polar surface area (TPSA) is 77.5 Å². The van der Waals surface area contributed by atoms with E-state index in [1.807, 2.05) is 55.5 Å². The summed E-state index contributed by atoms with van der Waals surface area (Å²) in [7, 11) is 1.57. The number of nitrogens with zero attached hydrogens (tertiary/aromatic N) is 1. The van der Waals surface area contributed by atoms with Gasteiger partial charge in [-0.25, -0.2) is 0 Å². The summed E-state index contributed by atoms with van der Waals surface area (Å²) in [6, 6.07) is 16.9. The van der Waals surface area contributed by atoms with Crippen molar-refractivity contribution in [2.24, 2.45) is 0 Å². The molecule has 6 nitrogen and oxygen atoms in total. The summed E-state index contributed by atoms with van der Waals surface area (Å²) in [5.74, 6) is 1.47. The highest BCUT2D eigenvalue weighted by molar-refractivity contribution is 5.93. The normalized spacial score (nSPS) is 10.9. The van der Waals surface area contributed by atoms with Crippen molar-refractivity contribution in [2.45, 2.75) is 13.3 Å². The molecule has 4 rings (SSSR count). The largest absolute Gasteiger partial charge is 0.495 e. The van der Waals surface area contributed by atoms with Gasteiger partial charge in [-0.3, -0.25) is 4.79 Å². The molecule has 2 aromatic heterocycles. The number of methoxy groups -OCH3 is 1. The first-order valence-corrected chi connectivity index (χ1v) is 8.51. The molecule has 0 aliphatic rings. The van der Waals surface area contributed by atoms with Crippen LogP contribution in [0.2, 0.25) is 0 Å². The number of fused-ring (bicyclic) bond motifs is 1. The molecule has 136 valence electrons. The summed E-state index contributed by atoms with van der Waals surface area (Å²) >= 11 is 0. The highest BCUT2D eigenvalue weighted by Gasteiger charge is 2.15. The van der Waals surface area contributed by atoms with Crippen LogP contribution in [0.1, 0.15) is 11.3 Å². The number of carbonyl (C=O) groups is 1.